The van der Waals surface area contributed by atoms with Crippen LogP contribution >= 0.6 is 24.0 Å². The largest absolute Gasteiger partial charge is 0.493 e. The molecule has 120 valence electrons. The summed E-state index contributed by atoms with van der Waals surface area (Å²) in [6.45, 7) is 1.74. The lowest BCUT2D eigenvalue weighted by atomic mass is 10.1. The Morgan fingerprint density at radius 2 is 1.55 bits per heavy atom. The van der Waals surface area contributed by atoms with Crippen LogP contribution in [0.3, 0.4) is 0 Å². The quantitative estimate of drug-likeness (QED) is 0.768. The summed E-state index contributed by atoms with van der Waals surface area (Å²) in [5.41, 5.74) is 2.45. The molecule has 0 atom stereocenters. The van der Waals surface area contributed by atoms with Crippen LogP contribution < -0.4 is 14.8 Å². The SMILES string of the molecule is COc1ccc(CCNCc2ccc(Cl)cc2)cc1OC.Cl. The predicted octanol–water partition coefficient (Wildman–Crippen LogP) is 4.11. The highest BCUT2D eigenvalue weighted by Gasteiger charge is 2.04. The van der Waals surface area contributed by atoms with Crippen molar-refractivity contribution in [2.45, 2.75) is 13.0 Å². The Bertz CT molecular complexity index is 573. The summed E-state index contributed by atoms with van der Waals surface area (Å²) in [5, 5.41) is 4.19. The Balaban J connectivity index is 0.00000242. The zero-order valence-electron chi connectivity index (χ0n) is 12.8. The lowest BCUT2D eigenvalue weighted by molar-refractivity contribution is 0.354. The maximum Gasteiger partial charge on any atom is 0.160 e. The molecule has 0 saturated heterocycles. The van der Waals surface area contributed by atoms with E-state index in [4.69, 9.17) is 21.1 Å². The zero-order chi connectivity index (χ0) is 15.1. The molecule has 0 fully saturated rings. The summed E-state index contributed by atoms with van der Waals surface area (Å²) in [7, 11) is 3.30. The van der Waals surface area contributed by atoms with Gasteiger partial charge in [0.05, 0.1) is 14.2 Å². The van der Waals surface area contributed by atoms with Crippen molar-refractivity contribution in [2.24, 2.45) is 0 Å². The standard InChI is InChI=1S/C17H20ClNO2.ClH/c1-20-16-8-5-13(11-17(16)21-2)9-10-19-12-14-3-6-15(18)7-4-14;/h3-8,11,19H,9-10,12H2,1-2H3;1H. The second-order valence-electron chi connectivity index (χ2n) is 4.74. The third kappa shape index (κ3) is 5.41. The summed E-state index contributed by atoms with van der Waals surface area (Å²) in [5.74, 6) is 1.53. The molecule has 0 amide bonds. The lowest BCUT2D eigenvalue weighted by Crippen LogP contribution is -2.16. The van der Waals surface area contributed by atoms with Gasteiger partial charge in [0.2, 0.25) is 0 Å². The van der Waals surface area contributed by atoms with Crippen molar-refractivity contribution in [3.05, 3.63) is 58.6 Å². The molecule has 0 unspecified atom stereocenters. The number of methoxy groups -OCH3 is 2. The van der Waals surface area contributed by atoms with Crippen molar-refractivity contribution in [1.29, 1.82) is 0 Å². The van der Waals surface area contributed by atoms with Gasteiger partial charge in [0, 0.05) is 11.6 Å². The first-order chi connectivity index (χ1) is 10.2. The molecule has 0 bridgehead atoms. The highest BCUT2D eigenvalue weighted by Crippen LogP contribution is 2.27. The van der Waals surface area contributed by atoms with Crippen molar-refractivity contribution in [3.8, 4) is 11.5 Å². The van der Waals surface area contributed by atoms with Gasteiger partial charge in [-0.3, -0.25) is 0 Å². The van der Waals surface area contributed by atoms with Crippen LogP contribution in [0.15, 0.2) is 42.5 Å². The van der Waals surface area contributed by atoms with E-state index < -0.39 is 0 Å². The second-order valence-corrected chi connectivity index (χ2v) is 5.18. The molecule has 1 N–H and O–H groups in total. The Kier molecular flexibility index (Phi) is 8.10. The molecule has 0 aliphatic carbocycles. The van der Waals surface area contributed by atoms with Gasteiger partial charge in [-0.25, -0.2) is 0 Å². The molecule has 0 spiro atoms. The second kappa shape index (κ2) is 9.57. The van der Waals surface area contributed by atoms with Gasteiger partial charge in [0.15, 0.2) is 11.5 Å². The summed E-state index contributed by atoms with van der Waals surface area (Å²) in [6, 6.07) is 13.9. The molecule has 3 nitrogen and oxygen atoms in total. The fourth-order valence-electron chi connectivity index (χ4n) is 2.10. The molecule has 2 aromatic carbocycles. The molecule has 0 aromatic heterocycles. The van der Waals surface area contributed by atoms with Crippen molar-refractivity contribution in [1.82, 2.24) is 5.32 Å². The maximum absolute atomic E-state index is 5.86. The normalized spacial score (nSPS) is 9.95. The zero-order valence-corrected chi connectivity index (χ0v) is 14.3. The molecule has 22 heavy (non-hydrogen) atoms. The highest BCUT2D eigenvalue weighted by atomic mass is 35.5. The Morgan fingerprint density at radius 1 is 0.909 bits per heavy atom. The number of ether oxygens (including phenoxy) is 2. The van der Waals surface area contributed by atoms with E-state index in [1.165, 1.54) is 11.1 Å². The topological polar surface area (TPSA) is 30.5 Å². The van der Waals surface area contributed by atoms with E-state index in [1.807, 2.05) is 36.4 Å². The van der Waals surface area contributed by atoms with E-state index >= 15 is 0 Å². The van der Waals surface area contributed by atoms with E-state index in [1.54, 1.807) is 14.2 Å². The minimum Gasteiger partial charge on any atom is -0.493 e. The lowest BCUT2D eigenvalue weighted by Gasteiger charge is -2.10. The van der Waals surface area contributed by atoms with Crippen LogP contribution in [0.5, 0.6) is 11.5 Å². The molecule has 5 heteroatoms. The van der Waals surface area contributed by atoms with Crippen molar-refractivity contribution in [3.63, 3.8) is 0 Å². The molecule has 0 heterocycles. The molecule has 0 aliphatic heterocycles. The highest BCUT2D eigenvalue weighted by molar-refractivity contribution is 6.30. The maximum atomic E-state index is 5.86. The third-order valence-electron chi connectivity index (χ3n) is 3.28. The van der Waals surface area contributed by atoms with Crippen LogP contribution in [0.25, 0.3) is 0 Å². The van der Waals surface area contributed by atoms with Crippen molar-refractivity contribution >= 4 is 24.0 Å². The van der Waals surface area contributed by atoms with Gasteiger partial charge < -0.3 is 14.8 Å². The third-order valence-corrected chi connectivity index (χ3v) is 3.53. The first kappa shape index (κ1) is 18.6. The van der Waals surface area contributed by atoms with Gasteiger partial charge in [-0.05, 0) is 48.4 Å². The van der Waals surface area contributed by atoms with E-state index in [0.29, 0.717) is 0 Å². The van der Waals surface area contributed by atoms with Gasteiger partial charge >= 0.3 is 0 Å². The van der Waals surface area contributed by atoms with Gasteiger partial charge in [0.1, 0.15) is 0 Å². The molecule has 2 rings (SSSR count). The van der Waals surface area contributed by atoms with E-state index in [2.05, 4.69) is 11.4 Å². The molecule has 0 radical (unpaired) electrons. The summed E-state index contributed by atoms with van der Waals surface area (Å²) in [4.78, 5) is 0. The monoisotopic (exact) mass is 341 g/mol. The van der Waals surface area contributed by atoms with Crippen LogP contribution in [0.2, 0.25) is 5.02 Å². The van der Waals surface area contributed by atoms with Crippen LogP contribution in [-0.4, -0.2) is 20.8 Å². The number of nitrogens with one attached hydrogen (secondary N) is 1. The van der Waals surface area contributed by atoms with E-state index in [9.17, 15) is 0 Å². The van der Waals surface area contributed by atoms with Crippen LogP contribution in [0.4, 0.5) is 0 Å². The van der Waals surface area contributed by atoms with E-state index in [0.717, 1.165) is 36.0 Å². The summed E-state index contributed by atoms with van der Waals surface area (Å²) >= 11 is 5.86. The fourth-order valence-corrected chi connectivity index (χ4v) is 2.23. The van der Waals surface area contributed by atoms with Gasteiger partial charge in [-0.15, -0.1) is 12.4 Å². The molecule has 0 aliphatic rings. The van der Waals surface area contributed by atoms with E-state index in [-0.39, 0.29) is 12.4 Å². The number of hydrogen-bond donors (Lipinski definition) is 1. The van der Waals surface area contributed by atoms with Gasteiger partial charge in [-0.2, -0.15) is 0 Å². The van der Waals surface area contributed by atoms with Crippen LogP contribution in [0.1, 0.15) is 11.1 Å². The van der Waals surface area contributed by atoms with Crippen LogP contribution in [0, 0.1) is 0 Å². The Labute approximate surface area is 143 Å². The predicted molar refractivity (Wildman–Crippen MR) is 93.7 cm³/mol. The Hall–Kier alpha value is -1.42. The first-order valence-electron chi connectivity index (χ1n) is 6.89. The first-order valence-corrected chi connectivity index (χ1v) is 7.27. The van der Waals surface area contributed by atoms with Crippen LogP contribution in [-0.2, 0) is 13.0 Å². The number of halogens is 2. The minimum atomic E-state index is 0. The molecular formula is C17H21Cl2NO2. The summed E-state index contributed by atoms with van der Waals surface area (Å²) < 4.78 is 10.5. The number of rotatable bonds is 7. The fraction of sp³-hybridized carbons (Fsp3) is 0.294. The number of hydrogen-bond acceptors (Lipinski definition) is 3. The summed E-state index contributed by atoms with van der Waals surface area (Å²) in [6.07, 6.45) is 0.938. The Morgan fingerprint density at radius 3 is 2.18 bits per heavy atom. The smallest absolute Gasteiger partial charge is 0.160 e. The van der Waals surface area contributed by atoms with Crippen molar-refractivity contribution in [2.75, 3.05) is 20.8 Å². The minimum absolute atomic E-state index is 0. The molecule has 2 aromatic rings. The molecule has 0 saturated carbocycles. The average molecular weight is 342 g/mol. The average Bonchev–Trinajstić information content (AvgIpc) is 2.53. The number of benzene rings is 2. The van der Waals surface area contributed by atoms with Gasteiger partial charge in [-0.1, -0.05) is 29.8 Å². The van der Waals surface area contributed by atoms with Gasteiger partial charge in [0.25, 0.3) is 0 Å². The van der Waals surface area contributed by atoms with Crippen molar-refractivity contribution < 1.29 is 9.47 Å². The molecular weight excluding hydrogens is 321 g/mol.